The summed E-state index contributed by atoms with van der Waals surface area (Å²) >= 11 is 15.2. The molecule has 2 rings (SSSR count). The molecule has 116 valence electrons. The fourth-order valence-corrected chi connectivity index (χ4v) is 2.26. The molecule has 0 aliphatic rings. The molecule has 1 amide bonds. The van der Waals surface area contributed by atoms with Gasteiger partial charge in [0.05, 0.1) is 15.7 Å². The first kappa shape index (κ1) is 17.4. The molecule has 0 saturated carbocycles. The lowest BCUT2D eigenvalue weighted by molar-refractivity contribution is -0.112. The minimum Gasteiger partial charge on any atom is -0.359 e. The Hall–Kier alpha value is -2.00. The summed E-state index contributed by atoms with van der Waals surface area (Å²) in [6.45, 7) is 0. The molecule has 0 spiro atoms. The Labute approximate surface area is 151 Å². The zero-order valence-electron chi connectivity index (χ0n) is 11.6. The van der Waals surface area contributed by atoms with E-state index >= 15 is 0 Å². The van der Waals surface area contributed by atoms with Crippen LogP contribution in [0.25, 0.3) is 0 Å². The number of benzene rings is 2. The molecule has 0 saturated heterocycles. The Bertz CT molecular complexity index is 798. The van der Waals surface area contributed by atoms with Gasteiger partial charge in [-0.1, -0.05) is 45.2 Å². The van der Waals surface area contributed by atoms with Crippen LogP contribution in [-0.2, 0) is 4.79 Å². The molecule has 2 aromatic carbocycles. The van der Waals surface area contributed by atoms with Gasteiger partial charge in [0.25, 0.3) is 5.91 Å². The minimum absolute atomic E-state index is 0.0936. The Balaban J connectivity index is 2.12. The van der Waals surface area contributed by atoms with Crippen molar-refractivity contribution in [2.45, 2.75) is 0 Å². The van der Waals surface area contributed by atoms with Crippen LogP contribution in [0.3, 0.4) is 0 Å². The highest BCUT2D eigenvalue weighted by Crippen LogP contribution is 2.29. The van der Waals surface area contributed by atoms with Gasteiger partial charge in [-0.05, 0) is 36.4 Å². The number of hydrogen-bond donors (Lipinski definition) is 2. The lowest BCUT2D eigenvalue weighted by atomic mass is 10.2. The molecule has 23 heavy (non-hydrogen) atoms. The van der Waals surface area contributed by atoms with E-state index in [1.807, 2.05) is 6.07 Å². The monoisotopic (exact) mass is 409 g/mol. The second-order valence-electron chi connectivity index (χ2n) is 4.38. The van der Waals surface area contributed by atoms with E-state index in [4.69, 9.17) is 28.5 Å². The molecule has 4 nitrogen and oxygen atoms in total. The standard InChI is InChI=1S/C16H10BrCl2N3O/c17-11-4-6-12(7-5-11)22-16(23)10(8-20)9-21-14-3-1-2-13(18)15(14)19/h1-7,9,21H,(H,22,23)/b10-9-. The molecular formula is C16H10BrCl2N3O. The number of amides is 1. The average Bonchev–Trinajstić information content (AvgIpc) is 2.54. The number of carbonyl (C=O) groups excluding carboxylic acids is 1. The van der Waals surface area contributed by atoms with Gasteiger partial charge >= 0.3 is 0 Å². The zero-order chi connectivity index (χ0) is 16.8. The number of nitrogens with zero attached hydrogens (tertiary/aromatic N) is 1. The summed E-state index contributed by atoms with van der Waals surface area (Å²) in [5.41, 5.74) is 0.993. The number of nitriles is 1. The van der Waals surface area contributed by atoms with E-state index in [1.165, 1.54) is 6.20 Å². The number of hydrogen-bond acceptors (Lipinski definition) is 3. The van der Waals surface area contributed by atoms with Crippen molar-refractivity contribution in [3.05, 3.63) is 68.8 Å². The van der Waals surface area contributed by atoms with Crippen molar-refractivity contribution < 1.29 is 4.79 Å². The zero-order valence-corrected chi connectivity index (χ0v) is 14.7. The molecule has 0 heterocycles. The Morgan fingerprint density at radius 2 is 1.87 bits per heavy atom. The van der Waals surface area contributed by atoms with Crippen molar-refractivity contribution in [2.75, 3.05) is 10.6 Å². The quantitative estimate of drug-likeness (QED) is 0.536. The molecule has 0 aromatic heterocycles. The van der Waals surface area contributed by atoms with Gasteiger partial charge in [-0.25, -0.2) is 0 Å². The summed E-state index contributed by atoms with van der Waals surface area (Å²) < 4.78 is 0.892. The van der Waals surface area contributed by atoms with Crippen LogP contribution in [0.2, 0.25) is 10.0 Å². The first-order chi connectivity index (χ1) is 11.0. The molecule has 2 N–H and O–H groups in total. The number of halogens is 3. The lowest BCUT2D eigenvalue weighted by Crippen LogP contribution is -2.14. The second kappa shape index (κ2) is 8.02. The first-order valence-corrected chi connectivity index (χ1v) is 7.94. The predicted molar refractivity (Wildman–Crippen MR) is 96.6 cm³/mol. The maximum absolute atomic E-state index is 12.1. The highest BCUT2D eigenvalue weighted by atomic mass is 79.9. The topological polar surface area (TPSA) is 64.9 Å². The number of rotatable bonds is 4. The summed E-state index contributed by atoms with van der Waals surface area (Å²) in [5, 5.41) is 15.3. The third-order valence-corrected chi connectivity index (χ3v) is 4.14. The van der Waals surface area contributed by atoms with Gasteiger partial charge in [0.15, 0.2) is 0 Å². The largest absolute Gasteiger partial charge is 0.359 e. The molecule has 2 aromatic rings. The average molecular weight is 411 g/mol. The maximum atomic E-state index is 12.1. The third kappa shape index (κ3) is 4.73. The summed E-state index contributed by atoms with van der Waals surface area (Å²) in [5.74, 6) is -0.527. The number of nitrogens with one attached hydrogen (secondary N) is 2. The first-order valence-electron chi connectivity index (χ1n) is 6.39. The van der Waals surface area contributed by atoms with E-state index in [2.05, 4.69) is 26.6 Å². The van der Waals surface area contributed by atoms with Crippen LogP contribution in [-0.4, -0.2) is 5.91 Å². The molecule has 0 atom stereocenters. The van der Waals surface area contributed by atoms with Crippen LogP contribution in [0.1, 0.15) is 0 Å². The van der Waals surface area contributed by atoms with Gasteiger partial charge in [0, 0.05) is 16.4 Å². The molecule has 0 radical (unpaired) electrons. The van der Waals surface area contributed by atoms with Crippen LogP contribution in [0.5, 0.6) is 0 Å². The van der Waals surface area contributed by atoms with Gasteiger partial charge in [0.2, 0.25) is 0 Å². The summed E-state index contributed by atoms with van der Waals surface area (Å²) in [4.78, 5) is 12.1. The maximum Gasteiger partial charge on any atom is 0.267 e. The van der Waals surface area contributed by atoms with Crippen molar-refractivity contribution in [1.29, 1.82) is 5.26 Å². The van der Waals surface area contributed by atoms with Crippen LogP contribution >= 0.6 is 39.1 Å². The van der Waals surface area contributed by atoms with Crippen LogP contribution in [0, 0.1) is 11.3 Å². The Morgan fingerprint density at radius 3 is 2.52 bits per heavy atom. The highest BCUT2D eigenvalue weighted by molar-refractivity contribution is 9.10. The van der Waals surface area contributed by atoms with Crippen LogP contribution < -0.4 is 10.6 Å². The molecular weight excluding hydrogens is 401 g/mol. The highest BCUT2D eigenvalue weighted by Gasteiger charge is 2.10. The van der Waals surface area contributed by atoms with E-state index < -0.39 is 5.91 Å². The van der Waals surface area contributed by atoms with Crippen LogP contribution in [0.15, 0.2) is 58.7 Å². The normalized spacial score (nSPS) is 10.8. The fraction of sp³-hybridized carbons (Fsp3) is 0. The molecule has 0 unspecified atom stereocenters. The van der Waals surface area contributed by atoms with E-state index in [0.29, 0.717) is 21.4 Å². The number of carbonyl (C=O) groups is 1. The van der Waals surface area contributed by atoms with Gasteiger partial charge < -0.3 is 10.6 Å². The molecule has 0 fully saturated rings. The molecule has 0 aliphatic heterocycles. The van der Waals surface area contributed by atoms with Gasteiger partial charge in [-0.3, -0.25) is 4.79 Å². The summed E-state index contributed by atoms with van der Waals surface area (Å²) in [6, 6.07) is 13.9. The lowest BCUT2D eigenvalue weighted by Gasteiger charge is -2.07. The second-order valence-corrected chi connectivity index (χ2v) is 6.08. The predicted octanol–water partition coefficient (Wildman–Crippen LogP) is 5.21. The van der Waals surface area contributed by atoms with E-state index in [-0.39, 0.29) is 5.57 Å². The molecule has 7 heteroatoms. The summed E-state index contributed by atoms with van der Waals surface area (Å²) in [7, 11) is 0. The van der Waals surface area contributed by atoms with Gasteiger partial charge in [0.1, 0.15) is 11.6 Å². The van der Waals surface area contributed by atoms with Gasteiger partial charge in [-0.15, -0.1) is 0 Å². The van der Waals surface area contributed by atoms with E-state index in [9.17, 15) is 4.79 Å². The van der Waals surface area contributed by atoms with Crippen molar-refractivity contribution in [1.82, 2.24) is 0 Å². The molecule has 0 bridgehead atoms. The Morgan fingerprint density at radius 1 is 1.17 bits per heavy atom. The fourth-order valence-electron chi connectivity index (χ4n) is 1.65. The third-order valence-electron chi connectivity index (χ3n) is 2.79. The number of anilines is 2. The molecule has 0 aliphatic carbocycles. The van der Waals surface area contributed by atoms with E-state index in [0.717, 1.165) is 4.47 Å². The van der Waals surface area contributed by atoms with Crippen LogP contribution in [0.4, 0.5) is 11.4 Å². The van der Waals surface area contributed by atoms with E-state index in [1.54, 1.807) is 42.5 Å². The summed E-state index contributed by atoms with van der Waals surface area (Å²) in [6.07, 6.45) is 1.28. The van der Waals surface area contributed by atoms with Gasteiger partial charge in [-0.2, -0.15) is 5.26 Å². The minimum atomic E-state index is -0.527. The smallest absolute Gasteiger partial charge is 0.267 e. The van der Waals surface area contributed by atoms with Crippen molar-refractivity contribution in [3.63, 3.8) is 0 Å². The van der Waals surface area contributed by atoms with Crippen molar-refractivity contribution in [3.8, 4) is 6.07 Å². The van der Waals surface area contributed by atoms with Crippen molar-refractivity contribution in [2.24, 2.45) is 0 Å². The SMILES string of the molecule is N#C/C(=C/Nc1cccc(Cl)c1Cl)C(=O)Nc1ccc(Br)cc1. The van der Waals surface area contributed by atoms with Crippen molar-refractivity contribution >= 4 is 56.4 Å². The Kier molecular flexibility index (Phi) is 6.05.